The van der Waals surface area contributed by atoms with Gasteiger partial charge in [-0.3, -0.25) is 19.1 Å². The SMILES string of the molecule is CCc1c(C)sc2ncn([C@@H]3CCCN(CC(=O)N4[C@H](C)CCC[C@H]4C)C3)c(=O)c12. The van der Waals surface area contributed by atoms with Crippen LogP contribution in [0.25, 0.3) is 10.2 Å². The van der Waals surface area contributed by atoms with Crippen LogP contribution in [-0.2, 0) is 11.2 Å². The van der Waals surface area contributed by atoms with Gasteiger partial charge in [0, 0.05) is 23.5 Å². The van der Waals surface area contributed by atoms with E-state index in [1.54, 1.807) is 17.7 Å². The number of thiophene rings is 1. The summed E-state index contributed by atoms with van der Waals surface area (Å²) < 4.78 is 1.83. The Morgan fingerprint density at radius 1 is 1.20 bits per heavy atom. The molecule has 2 aromatic heterocycles. The summed E-state index contributed by atoms with van der Waals surface area (Å²) in [5, 5.41) is 0.798. The molecule has 1 amide bonds. The lowest BCUT2D eigenvalue weighted by molar-refractivity contribution is -0.138. The maximum absolute atomic E-state index is 13.3. The van der Waals surface area contributed by atoms with E-state index in [4.69, 9.17) is 0 Å². The largest absolute Gasteiger partial charge is 0.336 e. The maximum atomic E-state index is 13.3. The number of nitrogens with zero attached hydrogens (tertiary/aromatic N) is 4. The van der Waals surface area contributed by atoms with Gasteiger partial charge in [-0.1, -0.05) is 6.92 Å². The van der Waals surface area contributed by atoms with Crippen molar-refractivity contribution in [3.63, 3.8) is 0 Å². The molecule has 3 atom stereocenters. The van der Waals surface area contributed by atoms with E-state index in [0.717, 1.165) is 61.0 Å². The summed E-state index contributed by atoms with van der Waals surface area (Å²) in [6.45, 7) is 10.6. The number of hydrogen-bond acceptors (Lipinski definition) is 5. The zero-order chi connectivity index (χ0) is 21.4. The highest BCUT2D eigenvalue weighted by Gasteiger charge is 2.31. The van der Waals surface area contributed by atoms with Gasteiger partial charge in [-0.25, -0.2) is 4.98 Å². The van der Waals surface area contributed by atoms with Crippen LogP contribution in [-0.4, -0.2) is 57.0 Å². The molecule has 0 aromatic carbocycles. The first-order chi connectivity index (χ1) is 14.4. The molecule has 6 nitrogen and oxygen atoms in total. The van der Waals surface area contributed by atoms with Gasteiger partial charge in [0.15, 0.2) is 0 Å². The number of carbonyl (C=O) groups is 1. The van der Waals surface area contributed by atoms with Crippen molar-refractivity contribution in [2.24, 2.45) is 0 Å². The van der Waals surface area contributed by atoms with Crippen molar-refractivity contribution in [1.82, 2.24) is 19.4 Å². The third-order valence-corrected chi connectivity index (χ3v) is 8.06. The lowest BCUT2D eigenvalue weighted by Gasteiger charge is -2.41. The molecule has 2 aromatic rings. The molecule has 0 saturated carbocycles. The minimum atomic E-state index is 0.0806. The van der Waals surface area contributed by atoms with Crippen molar-refractivity contribution in [2.75, 3.05) is 19.6 Å². The van der Waals surface area contributed by atoms with Gasteiger partial charge >= 0.3 is 0 Å². The smallest absolute Gasteiger partial charge is 0.262 e. The molecule has 164 valence electrons. The Kier molecular flexibility index (Phi) is 6.30. The molecule has 4 rings (SSSR count). The van der Waals surface area contributed by atoms with Crippen molar-refractivity contribution in [2.45, 2.75) is 84.3 Å². The van der Waals surface area contributed by atoms with Crippen molar-refractivity contribution in [3.05, 3.63) is 27.1 Å². The molecule has 0 radical (unpaired) electrons. The second-order valence-electron chi connectivity index (χ2n) is 9.09. The minimum absolute atomic E-state index is 0.0806. The fourth-order valence-electron chi connectivity index (χ4n) is 5.44. The highest BCUT2D eigenvalue weighted by atomic mass is 32.1. The number of hydrogen-bond donors (Lipinski definition) is 0. The Balaban J connectivity index is 1.52. The summed E-state index contributed by atoms with van der Waals surface area (Å²) in [6, 6.07) is 0.729. The predicted octanol–water partition coefficient (Wildman–Crippen LogP) is 3.76. The summed E-state index contributed by atoms with van der Waals surface area (Å²) in [7, 11) is 0. The Labute approximate surface area is 182 Å². The Morgan fingerprint density at radius 3 is 2.63 bits per heavy atom. The zero-order valence-corrected chi connectivity index (χ0v) is 19.5. The van der Waals surface area contributed by atoms with Crippen LogP contribution < -0.4 is 5.56 Å². The monoisotopic (exact) mass is 430 g/mol. The van der Waals surface area contributed by atoms with Crippen LogP contribution in [0.1, 0.15) is 69.4 Å². The fourth-order valence-corrected chi connectivity index (χ4v) is 6.52. The summed E-state index contributed by atoms with van der Waals surface area (Å²) in [5.41, 5.74) is 1.22. The topological polar surface area (TPSA) is 58.4 Å². The van der Waals surface area contributed by atoms with Gasteiger partial charge in [-0.2, -0.15) is 0 Å². The summed E-state index contributed by atoms with van der Waals surface area (Å²) in [4.78, 5) is 37.4. The van der Waals surface area contributed by atoms with E-state index in [-0.39, 0.29) is 17.5 Å². The van der Waals surface area contributed by atoms with E-state index in [0.29, 0.717) is 18.6 Å². The van der Waals surface area contributed by atoms with E-state index < -0.39 is 0 Å². The van der Waals surface area contributed by atoms with Gasteiger partial charge in [-0.15, -0.1) is 11.3 Å². The van der Waals surface area contributed by atoms with Gasteiger partial charge in [0.1, 0.15) is 4.83 Å². The molecule has 2 aliphatic heterocycles. The Bertz CT molecular complexity index is 971. The molecule has 0 aliphatic carbocycles. The van der Waals surface area contributed by atoms with E-state index in [1.807, 2.05) is 4.57 Å². The third kappa shape index (κ3) is 3.94. The van der Waals surface area contributed by atoms with Crippen molar-refractivity contribution >= 4 is 27.5 Å². The summed E-state index contributed by atoms with van der Waals surface area (Å²) >= 11 is 1.61. The van der Waals surface area contributed by atoms with E-state index in [1.165, 1.54) is 11.3 Å². The number of rotatable bonds is 4. The van der Waals surface area contributed by atoms with Crippen LogP contribution in [0.15, 0.2) is 11.1 Å². The molecule has 0 unspecified atom stereocenters. The number of aromatic nitrogens is 2. The molecule has 2 aliphatic rings. The molecular weight excluding hydrogens is 396 g/mol. The van der Waals surface area contributed by atoms with Gasteiger partial charge < -0.3 is 4.90 Å². The van der Waals surface area contributed by atoms with E-state index in [2.05, 4.69) is 42.5 Å². The zero-order valence-electron chi connectivity index (χ0n) is 18.7. The first kappa shape index (κ1) is 21.5. The van der Waals surface area contributed by atoms with Crippen LogP contribution in [0, 0.1) is 6.92 Å². The Morgan fingerprint density at radius 2 is 1.93 bits per heavy atom. The Hall–Kier alpha value is -1.73. The number of likely N-dealkylation sites (tertiary alicyclic amines) is 2. The second kappa shape index (κ2) is 8.79. The van der Waals surface area contributed by atoms with Gasteiger partial charge in [-0.05, 0) is 71.4 Å². The van der Waals surface area contributed by atoms with Crippen LogP contribution in [0.3, 0.4) is 0 Å². The number of amides is 1. The highest BCUT2D eigenvalue weighted by Crippen LogP contribution is 2.29. The average Bonchev–Trinajstić information content (AvgIpc) is 3.04. The van der Waals surface area contributed by atoms with Gasteiger partial charge in [0.2, 0.25) is 5.91 Å². The highest BCUT2D eigenvalue weighted by molar-refractivity contribution is 7.18. The average molecular weight is 431 g/mol. The predicted molar refractivity (Wildman–Crippen MR) is 122 cm³/mol. The molecule has 0 bridgehead atoms. The molecule has 2 fully saturated rings. The van der Waals surface area contributed by atoms with Crippen LogP contribution >= 0.6 is 11.3 Å². The van der Waals surface area contributed by atoms with Crippen molar-refractivity contribution in [3.8, 4) is 0 Å². The maximum Gasteiger partial charge on any atom is 0.262 e. The lowest BCUT2D eigenvalue weighted by Crippen LogP contribution is -2.52. The summed E-state index contributed by atoms with van der Waals surface area (Å²) in [6.07, 6.45) is 7.93. The van der Waals surface area contributed by atoms with Gasteiger partial charge in [0.05, 0.1) is 24.3 Å². The molecule has 30 heavy (non-hydrogen) atoms. The lowest BCUT2D eigenvalue weighted by atomic mass is 9.97. The molecule has 7 heteroatoms. The molecule has 4 heterocycles. The fraction of sp³-hybridized carbons (Fsp3) is 0.696. The summed E-state index contributed by atoms with van der Waals surface area (Å²) in [5.74, 6) is 0.234. The standard InChI is InChI=1S/C23H34N4O2S/c1-5-19-17(4)30-22-21(19)23(29)26(14-24-22)18-10-7-11-25(12-18)13-20(28)27-15(2)8-6-9-16(27)3/h14-16,18H,5-13H2,1-4H3/t15-,16-,18-/m1/s1. The number of piperidine rings is 2. The molecular formula is C23H34N4O2S. The third-order valence-electron chi connectivity index (χ3n) is 7.01. The first-order valence-corrected chi connectivity index (χ1v) is 12.2. The number of carbonyl (C=O) groups excluding carboxylic acids is 1. The second-order valence-corrected chi connectivity index (χ2v) is 10.3. The van der Waals surface area contributed by atoms with Crippen LogP contribution in [0.2, 0.25) is 0 Å². The molecule has 2 saturated heterocycles. The van der Waals surface area contributed by atoms with Crippen molar-refractivity contribution < 1.29 is 4.79 Å². The van der Waals surface area contributed by atoms with E-state index >= 15 is 0 Å². The number of fused-ring (bicyclic) bond motifs is 1. The first-order valence-electron chi connectivity index (χ1n) is 11.4. The number of aryl methyl sites for hydroxylation is 2. The molecule has 0 spiro atoms. The normalized spacial score (nSPS) is 25.7. The van der Waals surface area contributed by atoms with E-state index in [9.17, 15) is 9.59 Å². The molecule has 0 N–H and O–H groups in total. The van der Waals surface area contributed by atoms with Crippen molar-refractivity contribution in [1.29, 1.82) is 0 Å². The quantitative estimate of drug-likeness (QED) is 0.741. The van der Waals surface area contributed by atoms with Crippen LogP contribution in [0.5, 0.6) is 0 Å². The minimum Gasteiger partial charge on any atom is -0.336 e. The van der Waals surface area contributed by atoms with Gasteiger partial charge in [0.25, 0.3) is 5.56 Å². The van der Waals surface area contributed by atoms with Crippen LogP contribution in [0.4, 0.5) is 0 Å².